The van der Waals surface area contributed by atoms with Crippen molar-refractivity contribution in [1.29, 1.82) is 0 Å². The summed E-state index contributed by atoms with van der Waals surface area (Å²) in [5.74, 6) is -0.722. The summed E-state index contributed by atoms with van der Waals surface area (Å²) in [5, 5.41) is 8.58. The third-order valence-electron chi connectivity index (χ3n) is 2.58. The third kappa shape index (κ3) is 3.34. The zero-order valence-corrected chi connectivity index (χ0v) is 10.6. The number of hydrogen-bond acceptors (Lipinski definition) is 1. The molecule has 0 amide bonds. The largest absolute Gasteiger partial charge is 0.481 e. The summed E-state index contributed by atoms with van der Waals surface area (Å²) < 4.78 is 1.10. The molecule has 82 valence electrons. The molecule has 1 aromatic rings. The van der Waals surface area contributed by atoms with Crippen LogP contribution in [0, 0.1) is 13.8 Å². The SMILES string of the molecule is Cc1ccc(Br)c(C)c1CCCC(=O)O. The second-order valence-corrected chi connectivity index (χ2v) is 4.57. The molecule has 0 radical (unpaired) electrons. The highest BCUT2D eigenvalue weighted by Crippen LogP contribution is 2.24. The van der Waals surface area contributed by atoms with Crippen molar-refractivity contribution in [2.24, 2.45) is 0 Å². The van der Waals surface area contributed by atoms with E-state index in [9.17, 15) is 4.79 Å². The molecule has 0 saturated carbocycles. The van der Waals surface area contributed by atoms with Crippen LogP contribution in [0.1, 0.15) is 29.5 Å². The lowest BCUT2D eigenvalue weighted by Crippen LogP contribution is -1.99. The Labute approximate surface area is 98.4 Å². The third-order valence-corrected chi connectivity index (χ3v) is 3.44. The van der Waals surface area contributed by atoms with Gasteiger partial charge in [-0.05, 0) is 49.4 Å². The average molecular weight is 271 g/mol. The summed E-state index contributed by atoms with van der Waals surface area (Å²) >= 11 is 3.48. The summed E-state index contributed by atoms with van der Waals surface area (Å²) in [4.78, 5) is 10.4. The molecule has 0 aliphatic heterocycles. The monoisotopic (exact) mass is 270 g/mol. The lowest BCUT2D eigenvalue weighted by Gasteiger charge is -2.10. The average Bonchev–Trinajstić information content (AvgIpc) is 2.17. The Balaban J connectivity index is 2.75. The van der Waals surface area contributed by atoms with Crippen LogP contribution in [0.3, 0.4) is 0 Å². The maximum atomic E-state index is 10.4. The predicted molar refractivity (Wildman–Crippen MR) is 64.2 cm³/mol. The van der Waals surface area contributed by atoms with E-state index in [0.29, 0.717) is 6.42 Å². The minimum Gasteiger partial charge on any atom is -0.481 e. The Morgan fingerprint density at radius 2 is 2.07 bits per heavy atom. The molecule has 0 spiro atoms. The van der Waals surface area contributed by atoms with Crippen LogP contribution in [-0.2, 0) is 11.2 Å². The van der Waals surface area contributed by atoms with Gasteiger partial charge in [-0.1, -0.05) is 22.0 Å². The van der Waals surface area contributed by atoms with Crippen LogP contribution in [0.25, 0.3) is 0 Å². The van der Waals surface area contributed by atoms with Gasteiger partial charge in [0, 0.05) is 10.9 Å². The van der Waals surface area contributed by atoms with Crippen LogP contribution >= 0.6 is 15.9 Å². The van der Waals surface area contributed by atoms with Gasteiger partial charge in [-0.2, -0.15) is 0 Å². The maximum Gasteiger partial charge on any atom is 0.303 e. The molecule has 1 aromatic carbocycles. The van der Waals surface area contributed by atoms with E-state index in [2.05, 4.69) is 35.8 Å². The van der Waals surface area contributed by atoms with E-state index in [1.807, 2.05) is 6.07 Å². The van der Waals surface area contributed by atoms with Crippen LogP contribution in [-0.4, -0.2) is 11.1 Å². The first kappa shape index (κ1) is 12.2. The fourth-order valence-corrected chi connectivity index (χ4v) is 2.04. The molecular formula is C12H15BrO2. The Kier molecular flexibility index (Phi) is 4.33. The van der Waals surface area contributed by atoms with Gasteiger partial charge >= 0.3 is 5.97 Å². The van der Waals surface area contributed by atoms with Gasteiger partial charge in [0.1, 0.15) is 0 Å². The maximum absolute atomic E-state index is 10.4. The van der Waals surface area contributed by atoms with E-state index < -0.39 is 5.97 Å². The van der Waals surface area contributed by atoms with Crippen molar-refractivity contribution < 1.29 is 9.90 Å². The van der Waals surface area contributed by atoms with Crippen molar-refractivity contribution in [2.45, 2.75) is 33.1 Å². The molecule has 15 heavy (non-hydrogen) atoms. The number of aryl methyl sites for hydroxylation is 1. The first-order valence-corrected chi connectivity index (χ1v) is 5.78. The number of aliphatic carboxylic acids is 1. The summed E-state index contributed by atoms with van der Waals surface area (Å²) in [6.45, 7) is 4.13. The van der Waals surface area contributed by atoms with Crippen molar-refractivity contribution in [3.63, 3.8) is 0 Å². The molecule has 0 saturated heterocycles. The van der Waals surface area contributed by atoms with Crippen molar-refractivity contribution >= 4 is 21.9 Å². The van der Waals surface area contributed by atoms with Crippen LogP contribution in [0.4, 0.5) is 0 Å². The van der Waals surface area contributed by atoms with Crippen molar-refractivity contribution in [2.75, 3.05) is 0 Å². The molecule has 0 unspecified atom stereocenters. The Bertz CT molecular complexity index is 372. The van der Waals surface area contributed by atoms with Gasteiger partial charge in [0.05, 0.1) is 0 Å². The molecular weight excluding hydrogens is 256 g/mol. The van der Waals surface area contributed by atoms with Gasteiger partial charge < -0.3 is 5.11 Å². The summed E-state index contributed by atoms with van der Waals surface area (Å²) in [7, 11) is 0. The molecule has 0 aliphatic carbocycles. The highest BCUT2D eigenvalue weighted by atomic mass is 79.9. The van der Waals surface area contributed by atoms with Crippen LogP contribution in [0.5, 0.6) is 0 Å². The minimum absolute atomic E-state index is 0.241. The molecule has 0 aromatic heterocycles. The zero-order valence-electron chi connectivity index (χ0n) is 9.01. The topological polar surface area (TPSA) is 37.3 Å². The van der Waals surface area contributed by atoms with Gasteiger partial charge in [0.15, 0.2) is 0 Å². The molecule has 1 rings (SSSR count). The standard InChI is InChI=1S/C12H15BrO2/c1-8-6-7-11(13)9(2)10(8)4-3-5-12(14)15/h6-7H,3-5H2,1-2H3,(H,14,15). The van der Waals surface area contributed by atoms with E-state index in [-0.39, 0.29) is 6.42 Å². The molecule has 0 aliphatic rings. The summed E-state index contributed by atoms with van der Waals surface area (Å²) in [6.07, 6.45) is 1.78. The summed E-state index contributed by atoms with van der Waals surface area (Å²) in [6, 6.07) is 4.10. The van der Waals surface area contributed by atoms with Crippen molar-refractivity contribution in [3.8, 4) is 0 Å². The van der Waals surface area contributed by atoms with Gasteiger partial charge in [-0.25, -0.2) is 0 Å². The fraction of sp³-hybridized carbons (Fsp3) is 0.417. The van der Waals surface area contributed by atoms with E-state index >= 15 is 0 Å². The first-order valence-electron chi connectivity index (χ1n) is 4.98. The Morgan fingerprint density at radius 1 is 1.40 bits per heavy atom. The number of carboxylic acid groups (broad SMARTS) is 1. The minimum atomic E-state index is -0.722. The number of halogens is 1. The van der Waals surface area contributed by atoms with Gasteiger partial charge in [-0.15, -0.1) is 0 Å². The number of carboxylic acids is 1. The van der Waals surface area contributed by atoms with Crippen LogP contribution < -0.4 is 0 Å². The van der Waals surface area contributed by atoms with E-state index in [1.165, 1.54) is 16.7 Å². The molecule has 0 bridgehead atoms. The normalized spacial score (nSPS) is 10.3. The quantitative estimate of drug-likeness (QED) is 0.910. The number of rotatable bonds is 4. The molecule has 1 N–H and O–H groups in total. The lowest BCUT2D eigenvalue weighted by atomic mass is 9.98. The first-order chi connectivity index (χ1) is 7.02. The number of carbonyl (C=O) groups is 1. The second kappa shape index (κ2) is 5.31. The van der Waals surface area contributed by atoms with E-state index in [1.54, 1.807) is 0 Å². The van der Waals surface area contributed by atoms with E-state index in [0.717, 1.165) is 10.9 Å². The smallest absolute Gasteiger partial charge is 0.303 e. The summed E-state index contributed by atoms with van der Waals surface area (Å²) in [5.41, 5.74) is 3.73. The predicted octanol–water partition coefficient (Wildman–Crippen LogP) is 3.47. The molecule has 0 heterocycles. The Hall–Kier alpha value is -0.830. The zero-order chi connectivity index (χ0) is 11.4. The van der Waals surface area contributed by atoms with Gasteiger partial charge in [0.25, 0.3) is 0 Å². The second-order valence-electron chi connectivity index (χ2n) is 3.72. The van der Waals surface area contributed by atoms with Crippen molar-refractivity contribution in [1.82, 2.24) is 0 Å². The van der Waals surface area contributed by atoms with Gasteiger partial charge in [-0.3, -0.25) is 4.79 Å². The fourth-order valence-electron chi connectivity index (χ4n) is 1.66. The molecule has 0 fully saturated rings. The number of hydrogen-bond donors (Lipinski definition) is 1. The molecule has 2 nitrogen and oxygen atoms in total. The highest BCUT2D eigenvalue weighted by Gasteiger charge is 2.06. The van der Waals surface area contributed by atoms with Crippen LogP contribution in [0.15, 0.2) is 16.6 Å². The Morgan fingerprint density at radius 3 is 2.67 bits per heavy atom. The van der Waals surface area contributed by atoms with Crippen molar-refractivity contribution in [3.05, 3.63) is 33.3 Å². The van der Waals surface area contributed by atoms with Crippen LogP contribution in [0.2, 0.25) is 0 Å². The van der Waals surface area contributed by atoms with Gasteiger partial charge in [0.2, 0.25) is 0 Å². The highest BCUT2D eigenvalue weighted by molar-refractivity contribution is 9.10. The van der Waals surface area contributed by atoms with E-state index in [4.69, 9.17) is 5.11 Å². The molecule has 0 atom stereocenters. The lowest BCUT2D eigenvalue weighted by molar-refractivity contribution is -0.137. The molecule has 3 heteroatoms. The number of benzene rings is 1.